The Morgan fingerprint density at radius 1 is 0.944 bits per heavy atom. The van der Waals surface area contributed by atoms with Gasteiger partial charge in [-0.15, -0.1) is 5.10 Å². The van der Waals surface area contributed by atoms with Crippen LogP contribution in [0.15, 0.2) is 48.7 Å². The number of rotatable bonds is 8. The molecule has 190 valence electrons. The van der Waals surface area contributed by atoms with E-state index >= 15 is 0 Å². The predicted octanol–water partition coefficient (Wildman–Crippen LogP) is 2.66. The largest absolute Gasteiger partial charge is 0.497 e. The molecular weight excluding hydrogens is 462 g/mol. The molecule has 1 saturated heterocycles. The Morgan fingerprint density at radius 3 is 2.31 bits per heavy atom. The van der Waals surface area contributed by atoms with E-state index in [9.17, 15) is 9.59 Å². The minimum atomic E-state index is -0.331. The predicted molar refractivity (Wildman–Crippen MR) is 135 cm³/mol. The van der Waals surface area contributed by atoms with E-state index in [-0.39, 0.29) is 17.7 Å². The lowest BCUT2D eigenvalue weighted by molar-refractivity contribution is 0.0627. The highest BCUT2D eigenvalue weighted by molar-refractivity contribution is 6.06. The van der Waals surface area contributed by atoms with Crippen LogP contribution in [0.2, 0.25) is 0 Å². The molecule has 1 aliphatic heterocycles. The van der Waals surface area contributed by atoms with E-state index in [0.717, 1.165) is 36.7 Å². The molecule has 3 aromatic rings. The van der Waals surface area contributed by atoms with Gasteiger partial charge in [0.2, 0.25) is 5.88 Å². The first-order valence-electron chi connectivity index (χ1n) is 11.6. The Morgan fingerprint density at radius 2 is 1.67 bits per heavy atom. The van der Waals surface area contributed by atoms with E-state index < -0.39 is 0 Å². The van der Waals surface area contributed by atoms with Crippen LogP contribution in [-0.2, 0) is 13.6 Å². The van der Waals surface area contributed by atoms with Gasteiger partial charge >= 0.3 is 0 Å². The van der Waals surface area contributed by atoms with Crippen molar-refractivity contribution in [2.75, 3.05) is 52.8 Å². The number of anilines is 1. The summed E-state index contributed by atoms with van der Waals surface area (Å²) in [5.41, 5.74) is 2.55. The fraction of sp³-hybridized carbons (Fsp3) is 0.346. The molecule has 0 radical (unpaired) electrons. The first-order chi connectivity index (χ1) is 17.4. The zero-order valence-electron chi connectivity index (χ0n) is 21.0. The first kappa shape index (κ1) is 25.1. The molecule has 0 aliphatic carbocycles. The molecule has 0 unspecified atom stereocenters. The van der Waals surface area contributed by atoms with Crippen molar-refractivity contribution in [3.05, 3.63) is 65.4 Å². The second-order valence-corrected chi connectivity index (χ2v) is 8.50. The Labute approximate surface area is 210 Å². The number of nitrogens with one attached hydrogen (secondary N) is 1. The smallest absolute Gasteiger partial charge is 0.262 e. The van der Waals surface area contributed by atoms with Crippen molar-refractivity contribution < 1.29 is 23.8 Å². The maximum Gasteiger partial charge on any atom is 0.262 e. The van der Waals surface area contributed by atoms with Gasteiger partial charge in [-0.25, -0.2) is 0 Å². The number of piperazine rings is 1. The van der Waals surface area contributed by atoms with Gasteiger partial charge in [0.05, 0.1) is 21.3 Å². The Bertz CT molecular complexity index is 1220. The van der Waals surface area contributed by atoms with Gasteiger partial charge in [0, 0.05) is 62.8 Å². The van der Waals surface area contributed by atoms with Crippen molar-refractivity contribution in [2.24, 2.45) is 7.05 Å². The third kappa shape index (κ3) is 5.60. The van der Waals surface area contributed by atoms with Gasteiger partial charge < -0.3 is 24.4 Å². The number of ether oxygens (including phenoxy) is 3. The lowest BCUT2D eigenvalue weighted by Gasteiger charge is -2.35. The molecule has 1 N–H and O–H groups in total. The van der Waals surface area contributed by atoms with Crippen molar-refractivity contribution in [2.45, 2.75) is 6.54 Å². The molecule has 1 aliphatic rings. The van der Waals surface area contributed by atoms with Crippen LogP contribution >= 0.6 is 0 Å². The standard InChI is InChI=1S/C26H31N5O5/c1-29-17-22(25(28-29)36-4)24(32)27-20-7-5-18(6-8-20)26(33)31-13-11-30(12-14-31)16-19-15-21(34-2)9-10-23(19)35-3/h5-10,15,17H,11-14,16H2,1-4H3,(H,27,32). The summed E-state index contributed by atoms with van der Waals surface area (Å²) < 4.78 is 17.5. The van der Waals surface area contributed by atoms with Gasteiger partial charge in [-0.05, 0) is 42.5 Å². The van der Waals surface area contributed by atoms with Gasteiger partial charge in [0.25, 0.3) is 11.8 Å². The monoisotopic (exact) mass is 493 g/mol. The normalized spacial score (nSPS) is 13.8. The van der Waals surface area contributed by atoms with Crippen LogP contribution in [0.3, 0.4) is 0 Å². The van der Waals surface area contributed by atoms with Crippen LogP contribution in [0.25, 0.3) is 0 Å². The van der Waals surface area contributed by atoms with Crippen molar-refractivity contribution in [3.63, 3.8) is 0 Å². The molecular formula is C26H31N5O5. The van der Waals surface area contributed by atoms with Crippen LogP contribution in [0.5, 0.6) is 17.4 Å². The SMILES string of the molecule is COc1ccc(OC)c(CN2CCN(C(=O)c3ccc(NC(=O)c4cn(C)nc4OC)cc3)CC2)c1. The number of amides is 2. The van der Waals surface area contributed by atoms with Crippen LogP contribution in [0.4, 0.5) is 5.69 Å². The Balaban J connectivity index is 1.32. The van der Waals surface area contributed by atoms with Gasteiger partial charge in [-0.3, -0.25) is 19.2 Å². The zero-order valence-corrected chi connectivity index (χ0v) is 21.0. The van der Waals surface area contributed by atoms with Crippen molar-refractivity contribution >= 4 is 17.5 Å². The third-order valence-corrected chi connectivity index (χ3v) is 6.16. The highest BCUT2D eigenvalue weighted by Crippen LogP contribution is 2.26. The molecule has 0 saturated carbocycles. The number of hydrogen-bond acceptors (Lipinski definition) is 7. The van der Waals surface area contributed by atoms with Gasteiger partial charge in [-0.1, -0.05) is 0 Å². The molecule has 0 bridgehead atoms. The average molecular weight is 494 g/mol. The van der Waals surface area contributed by atoms with Crippen LogP contribution in [-0.4, -0.2) is 78.9 Å². The van der Waals surface area contributed by atoms with Crippen molar-refractivity contribution in [3.8, 4) is 17.4 Å². The van der Waals surface area contributed by atoms with E-state index in [4.69, 9.17) is 14.2 Å². The quantitative estimate of drug-likeness (QED) is 0.515. The maximum absolute atomic E-state index is 13.0. The van der Waals surface area contributed by atoms with Crippen molar-refractivity contribution in [1.29, 1.82) is 0 Å². The summed E-state index contributed by atoms with van der Waals surface area (Å²) in [7, 11) is 6.49. The number of carbonyl (C=O) groups is 2. The molecule has 10 nitrogen and oxygen atoms in total. The summed E-state index contributed by atoms with van der Waals surface area (Å²) in [6.45, 7) is 3.49. The van der Waals surface area contributed by atoms with E-state index in [2.05, 4.69) is 15.3 Å². The number of aromatic nitrogens is 2. The fourth-order valence-corrected chi connectivity index (χ4v) is 4.21. The summed E-state index contributed by atoms with van der Waals surface area (Å²) in [5.74, 6) is 1.51. The van der Waals surface area contributed by atoms with E-state index in [0.29, 0.717) is 29.9 Å². The highest BCUT2D eigenvalue weighted by atomic mass is 16.5. The van der Waals surface area contributed by atoms with Crippen LogP contribution < -0.4 is 19.5 Å². The Kier molecular flexibility index (Phi) is 7.74. The summed E-state index contributed by atoms with van der Waals surface area (Å²) in [4.78, 5) is 29.8. The fourth-order valence-electron chi connectivity index (χ4n) is 4.21. The summed E-state index contributed by atoms with van der Waals surface area (Å²) >= 11 is 0. The topological polar surface area (TPSA) is 98.2 Å². The van der Waals surface area contributed by atoms with Crippen molar-refractivity contribution in [1.82, 2.24) is 19.6 Å². The molecule has 4 rings (SSSR count). The molecule has 10 heteroatoms. The molecule has 1 fully saturated rings. The maximum atomic E-state index is 13.0. The van der Waals surface area contributed by atoms with E-state index in [1.165, 1.54) is 11.8 Å². The van der Waals surface area contributed by atoms with Gasteiger partial charge in [0.1, 0.15) is 17.1 Å². The lowest BCUT2D eigenvalue weighted by Crippen LogP contribution is -2.48. The van der Waals surface area contributed by atoms with Crippen LogP contribution in [0, 0.1) is 0 Å². The Hall–Kier alpha value is -4.05. The summed E-state index contributed by atoms with van der Waals surface area (Å²) in [6.07, 6.45) is 1.59. The van der Waals surface area contributed by atoms with Gasteiger partial charge in [-0.2, -0.15) is 0 Å². The minimum absolute atomic E-state index is 0.0274. The molecule has 0 spiro atoms. The first-order valence-corrected chi connectivity index (χ1v) is 11.6. The number of benzene rings is 2. The highest BCUT2D eigenvalue weighted by Gasteiger charge is 2.23. The number of carbonyl (C=O) groups excluding carboxylic acids is 2. The molecule has 2 heterocycles. The van der Waals surface area contributed by atoms with Crippen LogP contribution in [0.1, 0.15) is 26.3 Å². The number of aryl methyl sites for hydroxylation is 1. The molecule has 2 aromatic carbocycles. The summed E-state index contributed by atoms with van der Waals surface area (Å²) in [5, 5.41) is 6.91. The molecule has 0 atom stereocenters. The molecule has 2 amide bonds. The second-order valence-electron chi connectivity index (χ2n) is 8.50. The third-order valence-electron chi connectivity index (χ3n) is 6.16. The van der Waals surface area contributed by atoms with E-state index in [1.807, 2.05) is 23.1 Å². The minimum Gasteiger partial charge on any atom is -0.497 e. The lowest BCUT2D eigenvalue weighted by atomic mass is 10.1. The zero-order chi connectivity index (χ0) is 25.7. The number of methoxy groups -OCH3 is 3. The molecule has 36 heavy (non-hydrogen) atoms. The average Bonchev–Trinajstić information content (AvgIpc) is 3.30. The molecule has 1 aromatic heterocycles. The van der Waals surface area contributed by atoms with Gasteiger partial charge in [0.15, 0.2) is 0 Å². The summed E-state index contributed by atoms with van der Waals surface area (Å²) in [6, 6.07) is 12.7. The number of nitrogens with zero attached hydrogens (tertiary/aromatic N) is 4. The van der Waals surface area contributed by atoms with E-state index in [1.54, 1.807) is 51.7 Å². The second kappa shape index (κ2) is 11.1. The number of hydrogen-bond donors (Lipinski definition) is 1.